The van der Waals surface area contributed by atoms with E-state index < -0.39 is 23.7 Å². The number of amides is 4. The fourth-order valence-corrected chi connectivity index (χ4v) is 8.55. The predicted octanol–water partition coefficient (Wildman–Crippen LogP) is 5.33. The van der Waals surface area contributed by atoms with Gasteiger partial charge in [-0.05, 0) is 60.0 Å². The number of carbonyl (C=O) groups excluding carboxylic acids is 2. The van der Waals surface area contributed by atoms with E-state index in [9.17, 15) is 9.59 Å². The van der Waals surface area contributed by atoms with Crippen LogP contribution in [0.4, 0.5) is 52.8 Å². The Bertz CT molecular complexity index is 2740. The number of nitrogens with one attached hydrogen (secondary N) is 6. The van der Waals surface area contributed by atoms with Gasteiger partial charge in [-0.2, -0.15) is 0 Å². The number of benzene rings is 2. The van der Waals surface area contributed by atoms with E-state index in [1.54, 1.807) is 50.9 Å². The van der Waals surface area contributed by atoms with Crippen molar-refractivity contribution < 1.29 is 46.8 Å². The lowest BCUT2D eigenvalue weighted by atomic mass is 9.97. The molecule has 2 saturated heterocycles. The Balaban J connectivity index is 0.000000170. The average molecular weight is 937 g/mol. The Morgan fingerprint density at radius 1 is 0.632 bits per heavy atom. The molecule has 0 bridgehead atoms. The minimum atomic E-state index is -0.554. The number of hydrogen-bond acceptors (Lipinski definition) is 16. The van der Waals surface area contributed by atoms with Gasteiger partial charge in [-0.25, -0.2) is 38.3 Å². The van der Waals surface area contributed by atoms with E-state index >= 15 is 8.78 Å². The molecular formula is C46H50F2N12O8. The quantitative estimate of drug-likeness (QED) is 0.0897. The summed E-state index contributed by atoms with van der Waals surface area (Å²) in [6, 6.07) is 5.24. The number of urea groups is 2. The summed E-state index contributed by atoms with van der Waals surface area (Å²) in [5.41, 5.74) is 17.1. The molecule has 0 unspecified atom stereocenters. The molecule has 20 nitrogen and oxygen atoms in total. The lowest BCUT2D eigenvalue weighted by molar-refractivity contribution is 0.0748. The average Bonchev–Trinajstić information content (AvgIpc) is 4.00. The summed E-state index contributed by atoms with van der Waals surface area (Å²) < 4.78 is 63.0. The molecule has 0 spiro atoms. The maximum Gasteiger partial charge on any atom is 0.320 e. The summed E-state index contributed by atoms with van der Waals surface area (Å²) in [6.45, 7) is 7.64. The van der Waals surface area contributed by atoms with Gasteiger partial charge in [-0.3, -0.25) is 10.6 Å². The standard InChI is InChI=1S/2C23H25FN6O4/c2*1-11-14(7-28-22-21(11)26-3-4-34-22)13-5-12-6-18(27-8-15(12)20(25)19(13)24)30-23(31)29-16-9-33-10-17(16)32-2/h2*5-8,16-17,26H,3-4,9-10,25H2,1-2H3,(H2,27,29,30,31)/t2*16-,17+/m10/s1. The van der Waals surface area contributed by atoms with Crippen molar-refractivity contribution in [3.63, 3.8) is 0 Å². The zero-order chi connectivity index (χ0) is 47.6. The summed E-state index contributed by atoms with van der Waals surface area (Å²) in [5, 5.41) is 19.7. The molecular weight excluding hydrogens is 887 g/mol. The number of nitrogens with two attached hydrogens (primary N) is 2. The molecule has 4 atom stereocenters. The monoisotopic (exact) mass is 936 g/mol. The van der Waals surface area contributed by atoms with Crippen molar-refractivity contribution in [3.8, 4) is 34.0 Å². The number of nitrogens with zero attached hydrogens (tertiary/aromatic N) is 4. The van der Waals surface area contributed by atoms with Crippen molar-refractivity contribution in [2.45, 2.75) is 38.1 Å². The number of methoxy groups -OCH3 is 2. The second-order valence-electron chi connectivity index (χ2n) is 16.4. The number of pyridine rings is 4. The first-order valence-electron chi connectivity index (χ1n) is 21.8. The third kappa shape index (κ3) is 9.05. The Kier molecular flexibility index (Phi) is 13.1. The number of rotatable bonds is 8. The highest BCUT2D eigenvalue weighted by molar-refractivity contribution is 6.01. The zero-order valence-corrected chi connectivity index (χ0v) is 37.6. The number of anilines is 6. The normalized spacial score (nSPS) is 19.3. The molecule has 0 radical (unpaired) electrons. The van der Waals surface area contributed by atoms with Gasteiger partial charge in [0, 0.05) is 85.1 Å². The largest absolute Gasteiger partial charge is 0.474 e. The molecule has 0 saturated carbocycles. The number of ether oxygens (including phenoxy) is 6. The Hall–Kier alpha value is -7.40. The van der Waals surface area contributed by atoms with Crippen molar-refractivity contribution in [3.05, 3.63) is 71.8 Å². The second kappa shape index (κ2) is 19.4. The maximum atomic E-state index is 15.3. The first kappa shape index (κ1) is 45.7. The molecule has 22 heteroatoms. The molecule has 2 fully saturated rings. The molecule has 10 N–H and O–H groups in total. The number of nitrogen functional groups attached to an aromatic ring is 2. The van der Waals surface area contributed by atoms with Crippen LogP contribution < -0.4 is 52.8 Å². The summed E-state index contributed by atoms with van der Waals surface area (Å²) in [7, 11) is 3.14. The smallest absolute Gasteiger partial charge is 0.320 e. The fraction of sp³-hybridized carbons (Fsp3) is 0.348. The number of carbonyl (C=O) groups is 2. The van der Waals surface area contributed by atoms with Crippen LogP contribution in [-0.2, 0) is 18.9 Å². The molecule has 8 heterocycles. The number of fused-ring (bicyclic) bond motifs is 4. The molecule has 4 aliphatic heterocycles. The molecule has 356 valence electrons. The van der Waals surface area contributed by atoms with Crippen LogP contribution in [0.5, 0.6) is 11.8 Å². The molecule has 10 rings (SSSR count). The van der Waals surface area contributed by atoms with E-state index in [0.717, 1.165) is 22.5 Å². The molecule has 68 heavy (non-hydrogen) atoms. The van der Waals surface area contributed by atoms with Gasteiger partial charge in [0.25, 0.3) is 0 Å². The van der Waals surface area contributed by atoms with Crippen LogP contribution in [0.1, 0.15) is 11.1 Å². The SMILES string of the molecule is CO[C@@H]1COC[C@@H]1NC(=O)Nc1cc2cc(-c3cnc4c(c3C)NCCO4)c(F)c(N)c2cn1.CO[C@H]1COC[C@H]1NC(=O)Nc1cc2cc(-c3cnc4c(c3C)NCCO4)c(F)c(N)c2cn1. The van der Waals surface area contributed by atoms with Crippen molar-refractivity contribution in [1.82, 2.24) is 30.6 Å². The highest BCUT2D eigenvalue weighted by atomic mass is 19.1. The van der Waals surface area contributed by atoms with E-state index in [2.05, 4.69) is 51.8 Å². The predicted molar refractivity (Wildman–Crippen MR) is 251 cm³/mol. The van der Waals surface area contributed by atoms with Crippen LogP contribution in [0, 0.1) is 25.5 Å². The first-order chi connectivity index (χ1) is 32.9. The van der Waals surface area contributed by atoms with Crippen molar-refractivity contribution in [2.75, 3.05) is 99.7 Å². The zero-order valence-electron chi connectivity index (χ0n) is 37.6. The van der Waals surface area contributed by atoms with Crippen LogP contribution in [0.2, 0.25) is 0 Å². The van der Waals surface area contributed by atoms with Crippen LogP contribution in [0.15, 0.2) is 49.1 Å². The molecule has 0 aliphatic carbocycles. The third-order valence-electron chi connectivity index (χ3n) is 12.2. The number of hydrogen-bond donors (Lipinski definition) is 8. The van der Waals surface area contributed by atoms with E-state index in [1.165, 1.54) is 12.4 Å². The fourth-order valence-electron chi connectivity index (χ4n) is 8.55. The van der Waals surface area contributed by atoms with E-state index in [0.29, 0.717) is 120 Å². The molecule has 4 aliphatic rings. The van der Waals surface area contributed by atoms with E-state index in [-0.39, 0.29) is 35.7 Å². The van der Waals surface area contributed by atoms with Crippen LogP contribution >= 0.6 is 0 Å². The topological polar surface area (TPSA) is 265 Å². The minimum Gasteiger partial charge on any atom is -0.474 e. The highest BCUT2D eigenvalue weighted by Crippen LogP contribution is 2.41. The van der Waals surface area contributed by atoms with Gasteiger partial charge in [0.15, 0.2) is 11.6 Å². The Morgan fingerprint density at radius 2 is 1.06 bits per heavy atom. The van der Waals surface area contributed by atoms with Gasteiger partial charge < -0.3 is 61.2 Å². The second-order valence-corrected chi connectivity index (χ2v) is 16.4. The van der Waals surface area contributed by atoms with Gasteiger partial charge in [-0.1, -0.05) is 0 Å². The number of halogens is 2. The van der Waals surface area contributed by atoms with Gasteiger partial charge in [0.1, 0.15) is 48.4 Å². The Morgan fingerprint density at radius 3 is 1.47 bits per heavy atom. The van der Waals surface area contributed by atoms with Gasteiger partial charge in [0.2, 0.25) is 11.8 Å². The lowest BCUT2D eigenvalue weighted by Crippen LogP contribution is -2.45. The highest BCUT2D eigenvalue weighted by Gasteiger charge is 2.31. The summed E-state index contributed by atoms with van der Waals surface area (Å²) >= 11 is 0. The van der Waals surface area contributed by atoms with Crippen LogP contribution in [0.3, 0.4) is 0 Å². The number of aromatic nitrogens is 4. The lowest BCUT2D eigenvalue weighted by Gasteiger charge is -2.22. The molecule has 4 aromatic heterocycles. The third-order valence-corrected chi connectivity index (χ3v) is 12.2. The maximum absolute atomic E-state index is 15.3. The summed E-state index contributed by atoms with van der Waals surface area (Å²) in [6.07, 6.45) is 5.61. The van der Waals surface area contributed by atoms with Crippen molar-refractivity contribution in [1.29, 1.82) is 0 Å². The van der Waals surface area contributed by atoms with Crippen LogP contribution in [0.25, 0.3) is 43.8 Å². The summed E-state index contributed by atoms with van der Waals surface area (Å²) in [5.74, 6) is 0.469. The van der Waals surface area contributed by atoms with Crippen LogP contribution in [-0.4, -0.2) is 123 Å². The first-order valence-corrected chi connectivity index (χ1v) is 21.8. The minimum absolute atomic E-state index is 0.0247. The van der Waals surface area contributed by atoms with E-state index in [4.69, 9.17) is 39.9 Å². The molecule has 6 aromatic rings. The Labute approximate surface area is 388 Å². The molecule has 4 amide bonds. The summed E-state index contributed by atoms with van der Waals surface area (Å²) in [4.78, 5) is 42.1. The van der Waals surface area contributed by atoms with E-state index in [1.807, 2.05) is 13.8 Å². The van der Waals surface area contributed by atoms with Crippen molar-refractivity contribution >= 4 is 68.0 Å². The van der Waals surface area contributed by atoms with Gasteiger partial charge in [-0.15, -0.1) is 0 Å². The van der Waals surface area contributed by atoms with Gasteiger partial charge in [0.05, 0.1) is 49.9 Å². The van der Waals surface area contributed by atoms with Gasteiger partial charge >= 0.3 is 12.1 Å². The van der Waals surface area contributed by atoms with Crippen molar-refractivity contribution in [2.24, 2.45) is 0 Å². The molecule has 2 aromatic carbocycles.